The third kappa shape index (κ3) is 3.23. The van der Waals surface area contributed by atoms with Crippen molar-refractivity contribution in [2.75, 3.05) is 5.32 Å². The number of rotatable bonds is 3. The van der Waals surface area contributed by atoms with Crippen LogP contribution in [0.25, 0.3) is 0 Å². The maximum atomic E-state index is 5.55. The van der Waals surface area contributed by atoms with Crippen LogP contribution in [-0.2, 0) is 6.42 Å². The zero-order valence-electron chi connectivity index (χ0n) is 10.9. The van der Waals surface area contributed by atoms with Gasteiger partial charge in [0.15, 0.2) is 0 Å². The van der Waals surface area contributed by atoms with Gasteiger partial charge in [-0.1, -0.05) is 38.0 Å². The van der Waals surface area contributed by atoms with Crippen LogP contribution in [0.2, 0.25) is 0 Å². The standard InChI is InChI=1S/C14H22N4/c1-2-11-7-3-6-10-13(11)17-14(18-15)16-12-8-4-5-9-12/h3,6-7,10,12H,2,4-5,8-9,15H2,1H3,(H2,16,17,18). The summed E-state index contributed by atoms with van der Waals surface area (Å²) < 4.78 is 0. The number of nitrogens with zero attached hydrogens (tertiary/aromatic N) is 1. The van der Waals surface area contributed by atoms with Crippen molar-refractivity contribution in [2.45, 2.75) is 45.1 Å². The van der Waals surface area contributed by atoms with Gasteiger partial charge in [-0.05, 0) is 30.9 Å². The summed E-state index contributed by atoms with van der Waals surface area (Å²) in [5, 5.41) is 3.29. The van der Waals surface area contributed by atoms with E-state index in [0.717, 1.165) is 12.1 Å². The molecule has 0 aliphatic heterocycles. The lowest BCUT2D eigenvalue weighted by Gasteiger charge is -2.14. The molecule has 1 aliphatic rings. The Hall–Kier alpha value is -1.55. The average Bonchev–Trinajstić information content (AvgIpc) is 2.91. The minimum atomic E-state index is 0.414. The smallest absolute Gasteiger partial charge is 0.210 e. The first-order chi connectivity index (χ1) is 8.83. The number of hydrazine groups is 1. The highest BCUT2D eigenvalue weighted by molar-refractivity contribution is 5.94. The van der Waals surface area contributed by atoms with Crippen LogP contribution >= 0.6 is 0 Å². The van der Waals surface area contributed by atoms with Crippen LogP contribution in [0.5, 0.6) is 0 Å². The maximum Gasteiger partial charge on any atom is 0.210 e. The van der Waals surface area contributed by atoms with E-state index in [0.29, 0.717) is 12.0 Å². The minimum Gasteiger partial charge on any atom is -0.325 e. The van der Waals surface area contributed by atoms with Gasteiger partial charge in [-0.25, -0.2) is 10.8 Å². The van der Waals surface area contributed by atoms with Crippen LogP contribution in [-0.4, -0.2) is 12.0 Å². The fourth-order valence-electron chi connectivity index (χ4n) is 2.40. The van der Waals surface area contributed by atoms with Gasteiger partial charge in [0.05, 0.1) is 6.04 Å². The fourth-order valence-corrected chi connectivity index (χ4v) is 2.40. The van der Waals surface area contributed by atoms with E-state index in [4.69, 9.17) is 5.84 Å². The van der Waals surface area contributed by atoms with Crippen LogP contribution in [0.1, 0.15) is 38.2 Å². The summed E-state index contributed by atoms with van der Waals surface area (Å²) in [5.74, 6) is 6.22. The number of aliphatic imine (C=N–C) groups is 1. The molecule has 1 aromatic rings. The second-order valence-corrected chi connectivity index (χ2v) is 4.70. The van der Waals surface area contributed by atoms with E-state index in [-0.39, 0.29) is 0 Å². The Bertz CT molecular complexity index is 408. The summed E-state index contributed by atoms with van der Waals surface area (Å²) in [6.07, 6.45) is 5.88. The molecule has 1 aliphatic carbocycles. The van der Waals surface area contributed by atoms with E-state index in [1.54, 1.807) is 0 Å². The number of nitrogens with one attached hydrogen (secondary N) is 2. The Kier molecular flexibility index (Phi) is 4.59. The van der Waals surface area contributed by atoms with Crippen molar-refractivity contribution in [1.82, 2.24) is 5.43 Å². The van der Waals surface area contributed by atoms with Crippen molar-refractivity contribution in [3.05, 3.63) is 29.8 Å². The molecular weight excluding hydrogens is 224 g/mol. The molecule has 0 heterocycles. The summed E-state index contributed by atoms with van der Waals surface area (Å²) in [7, 11) is 0. The quantitative estimate of drug-likeness (QED) is 0.332. The van der Waals surface area contributed by atoms with Crippen LogP contribution < -0.4 is 16.6 Å². The molecule has 0 unspecified atom stereocenters. The summed E-state index contributed by atoms with van der Waals surface area (Å²) in [6.45, 7) is 2.14. The number of hydrogen-bond acceptors (Lipinski definition) is 2. The van der Waals surface area contributed by atoms with Crippen molar-refractivity contribution < 1.29 is 0 Å². The SMILES string of the molecule is CCc1ccccc1NC(=NC1CCCC1)NN. The van der Waals surface area contributed by atoms with E-state index < -0.39 is 0 Å². The van der Waals surface area contributed by atoms with Crippen molar-refractivity contribution >= 4 is 11.6 Å². The molecule has 1 saturated carbocycles. The molecular formula is C14H22N4. The summed E-state index contributed by atoms with van der Waals surface area (Å²) in [6, 6.07) is 8.66. The molecule has 0 aromatic heterocycles. The van der Waals surface area contributed by atoms with Crippen LogP contribution in [0.4, 0.5) is 5.69 Å². The molecule has 4 nitrogen and oxygen atoms in total. The predicted octanol–water partition coefficient (Wildman–Crippen LogP) is 2.42. The molecule has 2 rings (SSSR count). The van der Waals surface area contributed by atoms with E-state index in [1.807, 2.05) is 12.1 Å². The number of benzene rings is 1. The van der Waals surface area contributed by atoms with Crippen molar-refractivity contribution in [3.63, 3.8) is 0 Å². The Morgan fingerprint density at radius 1 is 1.33 bits per heavy atom. The topological polar surface area (TPSA) is 62.4 Å². The third-order valence-corrected chi connectivity index (χ3v) is 3.42. The summed E-state index contributed by atoms with van der Waals surface area (Å²) in [4.78, 5) is 4.63. The lowest BCUT2D eigenvalue weighted by molar-refractivity contribution is 0.700. The normalized spacial score (nSPS) is 16.9. The van der Waals surface area contributed by atoms with Gasteiger partial charge in [0.25, 0.3) is 0 Å². The minimum absolute atomic E-state index is 0.414. The van der Waals surface area contributed by atoms with Crippen molar-refractivity contribution in [2.24, 2.45) is 10.8 Å². The number of para-hydroxylation sites is 1. The lowest BCUT2D eigenvalue weighted by atomic mass is 10.1. The number of aryl methyl sites for hydroxylation is 1. The van der Waals surface area contributed by atoms with Gasteiger partial charge in [-0.2, -0.15) is 0 Å². The number of nitrogens with two attached hydrogens (primary N) is 1. The van der Waals surface area contributed by atoms with Gasteiger partial charge in [0.1, 0.15) is 0 Å². The van der Waals surface area contributed by atoms with Crippen LogP contribution in [0, 0.1) is 0 Å². The first kappa shape index (κ1) is 12.9. The van der Waals surface area contributed by atoms with Gasteiger partial charge in [-0.15, -0.1) is 0 Å². The predicted molar refractivity (Wildman–Crippen MR) is 76.5 cm³/mol. The second-order valence-electron chi connectivity index (χ2n) is 4.70. The first-order valence-corrected chi connectivity index (χ1v) is 6.72. The molecule has 1 fully saturated rings. The molecule has 0 atom stereocenters. The molecule has 0 spiro atoms. The zero-order valence-corrected chi connectivity index (χ0v) is 10.9. The van der Waals surface area contributed by atoms with Gasteiger partial charge in [0.2, 0.25) is 5.96 Å². The van der Waals surface area contributed by atoms with Crippen molar-refractivity contribution in [1.29, 1.82) is 0 Å². The largest absolute Gasteiger partial charge is 0.325 e. The van der Waals surface area contributed by atoms with Gasteiger partial charge < -0.3 is 5.32 Å². The average molecular weight is 246 g/mol. The van der Waals surface area contributed by atoms with Crippen LogP contribution in [0.3, 0.4) is 0 Å². The Labute approximate surface area is 109 Å². The second kappa shape index (κ2) is 6.40. The Morgan fingerprint density at radius 2 is 2.06 bits per heavy atom. The summed E-state index contributed by atoms with van der Waals surface area (Å²) >= 11 is 0. The fraction of sp³-hybridized carbons (Fsp3) is 0.500. The zero-order chi connectivity index (χ0) is 12.8. The molecule has 98 valence electrons. The molecule has 4 N–H and O–H groups in total. The first-order valence-electron chi connectivity index (χ1n) is 6.72. The molecule has 18 heavy (non-hydrogen) atoms. The highest BCUT2D eigenvalue weighted by Gasteiger charge is 2.14. The molecule has 0 bridgehead atoms. The highest BCUT2D eigenvalue weighted by Crippen LogP contribution is 2.21. The van der Waals surface area contributed by atoms with Crippen LogP contribution in [0.15, 0.2) is 29.3 Å². The van der Waals surface area contributed by atoms with E-state index in [2.05, 4.69) is 34.8 Å². The van der Waals surface area contributed by atoms with Gasteiger partial charge in [-0.3, -0.25) is 5.43 Å². The molecule has 0 radical (unpaired) electrons. The molecule has 4 heteroatoms. The van der Waals surface area contributed by atoms with E-state index in [1.165, 1.54) is 31.2 Å². The summed E-state index contributed by atoms with van der Waals surface area (Å²) in [5.41, 5.74) is 5.02. The highest BCUT2D eigenvalue weighted by atomic mass is 15.3. The van der Waals surface area contributed by atoms with E-state index in [9.17, 15) is 0 Å². The number of anilines is 1. The lowest BCUT2D eigenvalue weighted by Crippen LogP contribution is -2.37. The van der Waals surface area contributed by atoms with E-state index >= 15 is 0 Å². The molecule has 1 aromatic carbocycles. The Morgan fingerprint density at radius 3 is 2.72 bits per heavy atom. The third-order valence-electron chi connectivity index (χ3n) is 3.42. The maximum absolute atomic E-state index is 5.55. The number of guanidine groups is 1. The van der Waals surface area contributed by atoms with Crippen molar-refractivity contribution in [3.8, 4) is 0 Å². The molecule has 0 amide bonds. The molecule has 0 saturated heterocycles. The van der Waals surface area contributed by atoms with Gasteiger partial charge in [0, 0.05) is 5.69 Å². The monoisotopic (exact) mass is 246 g/mol. The number of hydrogen-bond donors (Lipinski definition) is 3. The Balaban J connectivity index is 2.09. The van der Waals surface area contributed by atoms with Gasteiger partial charge >= 0.3 is 0 Å².